The lowest BCUT2D eigenvalue weighted by Crippen LogP contribution is -2.21. The van der Waals surface area contributed by atoms with E-state index in [1.807, 2.05) is 18.2 Å². The van der Waals surface area contributed by atoms with Crippen molar-refractivity contribution < 1.29 is 14.1 Å². The van der Waals surface area contributed by atoms with Gasteiger partial charge in [0.1, 0.15) is 11.5 Å². The number of carbonyl (C=O) groups is 1. The number of benzene rings is 3. The fourth-order valence-electron chi connectivity index (χ4n) is 2.99. The lowest BCUT2D eigenvalue weighted by atomic mass is 10.00. The number of rotatable bonds is 4. The number of nitrogens with zero attached hydrogens (tertiary/aromatic N) is 3. The molecule has 0 bridgehead atoms. The lowest BCUT2D eigenvalue weighted by molar-refractivity contribution is -0.384. The Morgan fingerprint density at radius 2 is 1.59 bits per heavy atom. The van der Waals surface area contributed by atoms with Crippen LogP contribution in [-0.2, 0) is 4.79 Å². The Kier molecular flexibility index (Phi) is 4.70. The van der Waals surface area contributed by atoms with Crippen LogP contribution in [0.1, 0.15) is 11.1 Å². The minimum atomic E-state index is -0.516. The van der Waals surface area contributed by atoms with Gasteiger partial charge in [0.25, 0.3) is 11.6 Å². The summed E-state index contributed by atoms with van der Waals surface area (Å²) in [6, 6.07) is 20.8. The maximum absolute atomic E-state index is 14.2. The van der Waals surface area contributed by atoms with Crippen molar-refractivity contribution in [3.05, 3.63) is 111 Å². The Balaban J connectivity index is 1.81. The first kappa shape index (κ1) is 18.2. The Hall–Kier alpha value is -4.13. The summed E-state index contributed by atoms with van der Waals surface area (Å²) in [6.07, 6.45) is 1.47. The zero-order chi connectivity index (χ0) is 20.4. The largest absolute Gasteiger partial charge is 0.281 e. The Bertz CT molecular complexity index is 1160. The molecule has 0 radical (unpaired) electrons. The van der Waals surface area contributed by atoms with Crippen LogP contribution in [-0.4, -0.2) is 16.5 Å². The van der Waals surface area contributed by atoms with Crippen molar-refractivity contribution in [1.82, 2.24) is 0 Å². The minimum Gasteiger partial charge on any atom is -0.267 e. The topological polar surface area (TPSA) is 75.8 Å². The van der Waals surface area contributed by atoms with E-state index in [0.29, 0.717) is 17.0 Å². The van der Waals surface area contributed by atoms with Crippen molar-refractivity contribution in [2.75, 3.05) is 5.01 Å². The molecule has 4 rings (SSSR count). The summed E-state index contributed by atoms with van der Waals surface area (Å²) in [5.41, 5.74) is 1.90. The number of carbonyl (C=O) groups excluding carboxylic acids is 1. The summed E-state index contributed by atoms with van der Waals surface area (Å²) >= 11 is 0. The third-order valence-electron chi connectivity index (χ3n) is 4.44. The van der Waals surface area contributed by atoms with Gasteiger partial charge in [0.15, 0.2) is 0 Å². The SMILES string of the molecule is O=C1/C(=C\c2ccccc2F)C(c2ccccc2)=NN1c1ccc([N+](=O)[O-])cc1. The first-order valence-electron chi connectivity index (χ1n) is 8.74. The normalized spacial score (nSPS) is 14.9. The highest BCUT2D eigenvalue weighted by Crippen LogP contribution is 2.29. The number of non-ortho nitro benzene ring substituents is 1. The van der Waals surface area contributed by atoms with Gasteiger partial charge < -0.3 is 0 Å². The van der Waals surface area contributed by atoms with Gasteiger partial charge in [-0.3, -0.25) is 14.9 Å². The molecule has 0 fully saturated rings. The van der Waals surface area contributed by atoms with Crippen molar-refractivity contribution in [2.24, 2.45) is 5.10 Å². The number of nitro benzene ring substituents is 1. The van der Waals surface area contributed by atoms with Crippen LogP contribution in [0.3, 0.4) is 0 Å². The van der Waals surface area contributed by atoms with Crippen LogP contribution in [0.25, 0.3) is 6.08 Å². The van der Waals surface area contributed by atoms with Crippen LogP contribution < -0.4 is 5.01 Å². The van der Waals surface area contributed by atoms with Gasteiger partial charge in [0.2, 0.25) is 0 Å². The molecule has 0 unspecified atom stereocenters. The van der Waals surface area contributed by atoms with E-state index in [9.17, 15) is 19.3 Å². The molecule has 1 heterocycles. The number of hydrogen-bond acceptors (Lipinski definition) is 4. The maximum atomic E-state index is 14.2. The molecular formula is C22H14FN3O3. The molecule has 1 aliphatic rings. The molecule has 0 saturated carbocycles. The lowest BCUT2D eigenvalue weighted by Gasteiger charge is -2.11. The number of hydrogen-bond donors (Lipinski definition) is 0. The highest BCUT2D eigenvalue weighted by molar-refractivity contribution is 6.37. The number of anilines is 1. The molecule has 142 valence electrons. The molecule has 3 aromatic rings. The van der Waals surface area contributed by atoms with Gasteiger partial charge in [-0.15, -0.1) is 0 Å². The molecule has 0 spiro atoms. The highest BCUT2D eigenvalue weighted by atomic mass is 19.1. The fraction of sp³-hybridized carbons (Fsp3) is 0. The predicted octanol–water partition coefficient (Wildman–Crippen LogP) is 4.57. The van der Waals surface area contributed by atoms with Gasteiger partial charge in [0.05, 0.1) is 16.2 Å². The first-order chi connectivity index (χ1) is 14.0. The second-order valence-corrected chi connectivity index (χ2v) is 6.28. The average molecular weight is 387 g/mol. The minimum absolute atomic E-state index is 0.0882. The summed E-state index contributed by atoms with van der Waals surface area (Å²) in [5.74, 6) is -0.894. The van der Waals surface area contributed by atoms with E-state index in [1.54, 1.807) is 30.3 Å². The number of nitro groups is 1. The molecule has 1 aliphatic heterocycles. The molecule has 0 aromatic heterocycles. The first-order valence-corrected chi connectivity index (χ1v) is 8.74. The predicted molar refractivity (Wildman–Crippen MR) is 108 cm³/mol. The maximum Gasteiger partial charge on any atom is 0.281 e. The summed E-state index contributed by atoms with van der Waals surface area (Å²) in [7, 11) is 0. The van der Waals surface area contributed by atoms with Crippen molar-refractivity contribution in [2.45, 2.75) is 0 Å². The fourth-order valence-corrected chi connectivity index (χ4v) is 2.99. The molecule has 7 heteroatoms. The standard InChI is InChI=1S/C22H14FN3O3/c23-20-9-5-4-8-16(20)14-19-21(15-6-2-1-3-7-15)24-25(22(19)27)17-10-12-18(13-11-17)26(28)29/h1-14H/b19-14-. The number of amides is 1. The van der Waals surface area contributed by atoms with Crippen molar-refractivity contribution >= 4 is 29.1 Å². The summed E-state index contributed by atoms with van der Waals surface area (Å²) in [5, 5.41) is 16.5. The van der Waals surface area contributed by atoms with Crippen LogP contribution in [0, 0.1) is 15.9 Å². The third-order valence-corrected chi connectivity index (χ3v) is 4.44. The van der Waals surface area contributed by atoms with Crippen molar-refractivity contribution in [3.8, 4) is 0 Å². The van der Waals surface area contributed by atoms with Gasteiger partial charge in [-0.1, -0.05) is 48.5 Å². The number of halogens is 1. The molecule has 1 amide bonds. The third kappa shape index (κ3) is 3.53. The molecule has 0 atom stereocenters. The van der Waals surface area contributed by atoms with E-state index in [1.165, 1.54) is 41.4 Å². The van der Waals surface area contributed by atoms with E-state index in [4.69, 9.17) is 0 Å². The van der Waals surface area contributed by atoms with Crippen LogP contribution in [0.2, 0.25) is 0 Å². The van der Waals surface area contributed by atoms with Gasteiger partial charge in [-0.05, 0) is 24.3 Å². The molecule has 3 aromatic carbocycles. The molecular weight excluding hydrogens is 373 g/mol. The average Bonchev–Trinajstić information content (AvgIpc) is 3.07. The van der Waals surface area contributed by atoms with E-state index >= 15 is 0 Å². The van der Waals surface area contributed by atoms with Crippen LogP contribution in [0.15, 0.2) is 89.5 Å². The molecule has 29 heavy (non-hydrogen) atoms. The van der Waals surface area contributed by atoms with E-state index in [0.717, 1.165) is 0 Å². The van der Waals surface area contributed by atoms with Gasteiger partial charge in [-0.25, -0.2) is 4.39 Å². The van der Waals surface area contributed by atoms with Crippen molar-refractivity contribution in [3.63, 3.8) is 0 Å². The zero-order valence-corrected chi connectivity index (χ0v) is 15.0. The van der Waals surface area contributed by atoms with Gasteiger partial charge >= 0.3 is 0 Å². The van der Waals surface area contributed by atoms with Gasteiger partial charge in [-0.2, -0.15) is 10.1 Å². The smallest absolute Gasteiger partial charge is 0.267 e. The second kappa shape index (κ2) is 7.47. The Morgan fingerprint density at radius 1 is 0.931 bits per heavy atom. The highest BCUT2D eigenvalue weighted by Gasteiger charge is 2.32. The Labute approximate surface area is 165 Å². The van der Waals surface area contributed by atoms with Crippen LogP contribution in [0.4, 0.5) is 15.8 Å². The zero-order valence-electron chi connectivity index (χ0n) is 15.0. The van der Waals surface area contributed by atoms with Crippen LogP contribution in [0.5, 0.6) is 0 Å². The van der Waals surface area contributed by atoms with E-state index in [-0.39, 0.29) is 16.8 Å². The molecule has 0 N–H and O–H groups in total. The van der Waals surface area contributed by atoms with E-state index < -0.39 is 16.6 Å². The quantitative estimate of drug-likeness (QED) is 0.374. The van der Waals surface area contributed by atoms with E-state index in [2.05, 4.69) is 5.10 Å². The summed E-state index contributed by atoms with van der Waals surface area (Å²) in [6.45, 7) is 0. The van der Waals surface area contributed by atoms with Gasteiger partial charge in [0, 0.05) is 23.3 Å². The molecule has 0 aliphatic carbocycles. The number of hydrazone groups is 1. The molecule has 6 nitrogen and oxygen atoms in total. The van der Waals surface area contributed by atoms with Crippen molar-refractivity contribution in [1.29, 1.82) is 0 Å². The second-order valence-electron chi connectivity index (χ2n) is 6.28. The molecule has 0 saturated heterocycles. The Morgan fingerprint density at radius 3 is 2.24 bits per heavy atom. The monoisotopic (exact) mass is 387 g/mol. The van der Waals surface area contributed by atoms with Crippen LogP contribution >= 0.6 is 0 Å². The summed E-state index contributed by atoms with van der Waals surface area (Å²) < 4.78 is 14.2. The summed E-state index contributed by atoms with van der Waals surface area (Å²) in [4.78, 5) is 23.5.